The second kappa shape index (κ2) is 9.99. The number of rotatable bonds is 8. The Morgan fingerprint density at radius 1 is 0.828 bits per heavy atom. The zero-order valence-corrected chi connectivity index (χ0v) is 16.2. The highest BCUT2D eigenvalue weighted by atomic mass is 16.5. The summed E-state index contributed by atoms with van der Waals surface area (Å²) in [6, 6.07) is 25.7. The molecule has 0 aliphatic heterocycles. The number of hydrogen-bond acceptors (Lipinski definition) is 4. The standard InChI is InChI=1S/C24H22N2O3/c1-29-21-14-12-20(13-15-21)23(27)17-22(19-10-6-3-7-11-19)25-26-24(28)16-18-8-4-2-5-9-18/h2-15H,16-17H2,1H3,(H,26,28)/b25-22-. The van der Waals surface area contributed by atoms with Gasteiger partial charge in [-0.3, -0.25) is 9.59 Å². The van der Waals surface area contributed by atoms with Crippen LogP contribution in [0, 0.1) is 0 Å². The summed E-state index contributed by atoms with van der Waals surface area (Å²) in [4.78, 5) is 25.0. The van der Waals surface area contributed by atoms with Crippen LogP contribution in [0.15, 0.2) is 90.0 Å². The van der Waals surface area contributed by atoms with Crippen molar-refractivity contribution in [1.82, 2.24) is 5.43 Å². The second-order valence-electron chi connectivity index (χ2n) is 6.45. The van der Waals surface area contributed by atoms with Gasteiger partial charge < -0.3 is 4.74 Å². The maximum absolute atomic E-state index is 12.7. The lowest BCUT2D eigenvalue weighted by Crippen LogP contribution is -2.23. The van der Waals surface area contributed by atoms with Crippen molar-refractivity contribution in [3.8, 4) is 5.75 Å². The average Bonchev–Trinajstić information content (AvgIpc) is 2.77. The zero-order valence-electron chi connectivity index (χ0n) is 16.2. The molecule has 0 aromatic heterocycles. The number of ketones is 1. The fourth-order valence-corrected chi connectivity index (χ4v) is 2.82. The van der Waals surface area contributed by atoms with Crippen molar-refractivity contribution in [2.24, 2.45) is 5.10 Å². The van der Waals surface area contributed by atoms with E-state index < -0.39 is 0 Å². The van der Waals surface area contributed by atoms with E-state index in [1.165, 1.54) is 0 Å². The minimum atomic E-state index is -0.235. The number of hydrogen-bond donors (Lipinski definition) is 1. The molecule has 0 saturated heterocycles. The molecule has 0 aliphatic carbocycles. The summed E-state index contributed by atoms with van der Waals surface area (Å²) in [7, 11) is 1.58. The lowest BCUT2D eigenvalue weighted by Gasteiger charge is -2.08. The van der Waals surface area contributed by atoms with E-state index in [1.54, 1.807) is 31.4 Å². The molecule has 0 fully saturated rings. The van der Waals surface area contributed by atoms with Gasteiger partial charge in [0.15, 0.2) is 5.78 Å². The Morgan fingerprint density at radius 3 is 2.07 bits per heavy atom. The number of nitrogens with one attached hydrogen (secondary N) is 1. The number of ether oxygens (including phenoxy) is 1. The molecule has 1 N–H and O–H groups in total. The number of methoxy groups -OCH3 is 1. The van der Waals surface area contributed by atoms with E-state index in [0.29, 0.717) is 17.0 Å². The van der Waals surface area contributed by atoms with Crippen LogP contribution in [0.1, 0.15) is 27.9 Å². The lowest BCUT2D eigenvalue weighted by molar-refractivity contribution is -0.120. The summed E-state index contributed by atoms with van der Waals surface area (Å²) < 4.78 is 5.13. The fourth-order valence-electron chi connectivity index (χ4n) is 2.82. The smallest absolute Gasteiger partial charge is 0.244 e. The third-order valence-corrected chi connectivity index (χ3v) is 4.37. The van der Waals surface area contributed by atoms with Crippen LogP contribution in [0.25, 0.3) is 0 Å². The SMILES string of the molecule is COc1ccc(C(=O)C/C(=N/NC(=O)Cc2ccccc2)c2ccccc2)cc1. The fraction of sp³-hybridized carbons (Fsp3) is 0.125. The molecule has 29 heavy (non-hydrogen) atoms. The Morgan fingerprint density at radius 2 is 1.45 bits per heavy atom. The Hall–Kier alpha value is -3.73. The van der Waals surface area contributed by atoms with Crippen LogP contribution in [0.4, 0.5) is 0 Å². The number of carbonyl (C=O) groups excluding carboxylic acids is 2. The van der Waals surface area contributed by atoms with Crippen molar-refractivity contribution in [2.45, 2.75) is 12.8 Å². The molecule has 0 saturated carbocycles. The molecule has 3 aromatic carbocycles. The third kappa shape index (κ3) is 5.87. The Balaban J connectivity index is 1.74. The molecule has 0 unspecified atom stereocenters. The molecule has 1 amide bonds. The largest absolute Gasteiger partial charge is 0.497 e. The van der Waals surface area contributed by atoms with Crippen molar-refractivity contribution in [3.63, 3.8) is 0 Å². The summed E-state index contributed by atoms with van der Waals surface area (Å²) in [5.74, 6) is 0.362. The summed E-state index contributed by atoms with van der Waals surface area (Å²) >= 11 is 0. The molecule has 0 atom stereocenters. The molecule has 0 radical (unpaired) electrons. The van der Waals surface area contributed by atoms with Crippen molar-refractivity contribution in [1.29, 1.82) is 0 Å². The van der Waals surface area contributed by atoms with Crippen LogP contribution >= 0.6 is 0 Å². The number of amides is 1. The van der Waals surface area contributed by atoms with E-state index >= 15 is 0 Å². The highest BCUT2D eigenvalue weighted by molar-refractivity contribution is 6.15. The molecule has 146 valence electrons. The minimum absolute atomic E-state index is 0.0714. The third-order valence-electron chi connectivity index (χ3n) is 4.37. The van der Waals surface area contributed by atoms with E-state index in [0.717, 1.165) is 11.1 Å². The molecule has 0 bridgehead atoms. The van der Waals surface area contributed by atoms with Crippen LogP contribution in [-0.4, -0.2) is 24.5 Å². The zero-order chi connectivity index (χ0) is 20.5. The predicted molar refractivity (Wildman–Crippen MR) is 113 cm³/mol. The van der Waals surface area contributed by atoms with Gasteiger partial charge in [0.1, 0.15) is 5.75 Å². The molecule has 3 aromatic rings. The maximum atomic E-state index is 12.7. The number of nitrogens with zero attached hydrogens (tertiary/aromatic N) is 1. The Bertz CT molecular complexity index is 982. The van der Waals surface area contributed by atoms with Gasteiger partial charge in [0.2, 0.25) is 5.91 Å². The first-order valence-corrected chi connectivity index (χ1v) is 9.27. The molecular weight excluding hydrogens is 364 g/mol. The van der Waals surface area contributed by atoms with Crippen molar-refractivity contribution in [3.05, 3.63) is 102 Å². The van der Waals surface area contributed by atoms with Crippen molar-refractivity contribution in [2.75, 3.05) is 7.11 Å². The average molecular weight is 386 g/mol. The van der Waals surface area contributed by atoms with E-state index in [1.807, 2.05) is 60.7 Å². The summed E-state index contributed by atoms with van der Waals surface area (Å²) in [5, 5.41) is 4.26. The van der Waals surface area contributed by atoms with Crippen molar-refractivity contribution < 1.29 is 14.3 Å². The van der Waals surface area contributed by atoms with Crippen LogP contribution in [-0.2, 0) is 11.2 Å². The molecule has 0 spiro atoms. The molecule has 5 nitrogen and oxygen atoms in total. The number of benzene rings is 3. The normalized spacial score (nSPS) is 11.0. The highest BCUT2D eigenvalue weighted by Gasteiger charge is 2.13. The highest BCUT2D eigenvalue weighted by Crippen LogP contribution is 2.14. The van der Waals surface area contributed by atoms with Crippen LogP contribution < -0.4 is 10.2 Å². The van der Waals surface area contributed by atoms with Gasteiger partial charge in [-0.1, -0.05) is 60.7 Å². The van der Waals surface area contributed by atoms with Gasteiger partial charge in [0.05, 0.1) is 25.7 Å². The molecular formula is C24H22N2O3. The predicted octanol–water partition coefficient (Wildman–Crippen LogP) is 4.03. The van der Waals surface area contributed by atoms with Gasteiger partial charge >= 0.3 is 0 Å². The van der Waals surface area contributed by atoms with Gasteiger partial charge in [0, 0.05) is 5.56 Å². The minimum Gasteiger partial charge on any atom is -0.497 e. The Kier molecular flexibility index (Phi) is 6.90. The van der Waals surface area contributed by atoms with Crippen LogP contribution in [0.3, 0.4) is 0 Å². The lowest BCUT2D eigenvalue weighted by atomic mass is 10.0. The van der Waals surface area contributed by atoms with Gasteiger partial charge in [-0.15, -0.1) is 0 Å². The van der Waals surface area contributed by atoms with Gasteiger partial charge in [-0.2, -0.15) is 5.10 Å². The topological polar surface area (TPSA) is 67.8 Å². The van der Waals surface area contributed by atoms with Gasteiger partial charge in [-0.25, -0.2) is 5.43 Å². The van der Waals surface area contributed by atoms with Gasteiger partial charge in [-0.05, 0) is 35.4 Å². The maximum Gasteiger partial charge on any atom is 0.244 e. The van der Waals surface area contributed by atoms with E-state index in [2.05, 4.69) is 10.5 Å². The Labute approximate surface area is 170 Å². The van der Waals surface area contributed by atoms with E-state index in [9.17, 15) is 9.59 Å². The molecule has 3 rings (SSSR count). The summed E-state index contributed by atoms with van der Waals surface area (Å²) in [5.41, 5.74) is 5.33. The number of Topliss-reactive ketones (excluding diaryl/α,β-unsaturated/α-hetero) is 1. The number of carbonyl (C=O) groups is 2. The van der Waals surface area contributed by atoms with Crippen LogP contribution in [0.5, 0.6) is 5.75 Å². The summed E-state index contributed by atoms with van der Waals surface area (Å²) in [6.07, 6.45) is 0.292. The first kappa shape index (κ1) is 20.0. The first-order valence-electron chi connectivity index (χ1n) is 9.27. The monoisotopic (exact) mass is 386 g/mol. The molecule has 0 aliphatic rings. The molecule has 5 heteroatoms. The van der Waals surface area contributed by atoms with Crippen molar-refractivity contribution >= 4 is 17.4 Å². The summed E-state index contributed by atoms with van der Waals surface area (Å²) in [6.45, 7) is 0. The second-order valence-corrected chi connectivity index (χ2v) is 6.45. The van der Waals surface area contributed by atoms with Gasteiger partial charge in [0.25, 0.3) is 0 Å². The van der Waals surface area contributed by atoms with E-state index in [-0.39, 0.29) is 24.5 Å². The van der Waals surface area contributed by atoms with Crippen LogP contribution in [0.2, 0.25) is 0 Å². The quantitative estimate of drug-likeness (QED) is 0.361. The number of hydrazone groups is 1. The molecule has 0 heterocycles. The first-order chi connectivity index (χ1) is 14.2. The van der Waals surface area contributed by atoms with E-state index in [4.69, 9.17) is 4.74 Å².